The molecule has 7 heteroatoms. The Morgan fingerprint density at radius 1 is 1.29 bits per heavy atom. The normalized spacial score (nSPS) is 21.2. The number of halogens is 1. The van der Waals surface area contributed by atoms with Gasteiger partial charge in [0.2, 0.25) is 12.0 Å². The van der Waals surface area contributed by atoms with Gasteiger partial charge >= 0.3 is 0 Å². The topological polar surface area (TPSA) is 71.0 Å². The fraction of sp³-hybridized carbons (Fsp3) is 0.471. The van der Waals surface area contributed by atoms with Gasteiger partial charge in [-0.2, -0.15) is 0 Å². The number of nitrogens with zero attached hydrogens (tertiary/aromatic N) is 2. The lowest BCUT2D eigenvalue weighted by Gasteiger charge is -2.21. The van der Waals surface area contributed by atoms with Crippen LogP contribution in [-0.4, -0.2) is 47.7 Å². The zero-order valence-corrected chi connectivity index (χ0v) is 14.3. The van der Waals surface area contributed by atoms with Crippen LogP contribution in [0.3, 0.4) is 0 Å². The summed E-state index contributed by atoms with van der Waals surface area (Å²) in [5.41, 5.74) is 1.57. The van der Waals surface area contributed by atoms with Crippen LogP contribution >= 0.6 is 11.6 Å². The van der Waals surface area contributed by atoms with Crippen LogP contribution in [0.2, 0.25) is 5.02 Å². The van der Waals surface area contributed by atoms with Crippen molar-refractivity contribution in [3.63, 3.8) is 0 Å². The van der Waals surface area contributed by atoms with Gasteiger partial charge in [-0.1, -0.05) is 28.9 Å². The van der Waals surface area contributed by atoms with Gasteiger partial charge in [0.15, 0.2) is 0 Å². The third-order valence-corrected chi connectivity index (χ3v) is 4.54. The zero-order chi connectivity index (χ0) is 17.1. The number of hydrogen-bond acceptors (Lipinski definition) is 4. The van der Waals surface area contributed by atoms with Crippen LogP contribution in [0, 0.1) is 0 Å². The zero-order valence-electron chi connectivity index (χ0n) is 13.5. The maximum absolute atomic E-state index is 12.3. The number of likely N-dealkylation sites (tertiary alicyclic amines) is 1. The third-order valence-electron chi connectivity index (χ3n) is 4.29. The second-order valence-electron chi connectivity index (χ2n) is 6.11. The summed E-state index contributed by atoms with van der Waals surface area (Å²) in [4.78, 5) is 31.6. The van der Waals surface area contributed by atoms with E-state index in [1.807, 2.05) is 12.1 Å². The quantitative estimate of drug-likeness (QED) is 0.903. The van der Waals surface area contributed by atoms with Crippen LogP contribution in [0.15, 0.2) is 29.4 Å². The first-order valence-electron chi connectivity index (χ1n) is 8.12. The Labute approximate surface area is 145 Å². The number of amides is 2. The molecule has 2 aliphatic heterocycles. The maximum Gasteiger partial charge on any atom is 0.264 e. The van der Waals surface area contributed by atoms with Gasteiger partial charge in [-0.05, 0) is 37.5 Å². The number of carbonyl (C=O) groups excluding carboxylic acids is 2. The lowest BCUT2D eigenvalue weighted by atomic mass is 10.0. The molecular weight excluding hydrogens is 330 g/mol. The van der Waals surface area contributed by atoms with Crippen molar-refractivity contribution in [3.05, 3.63) is 34.9 Å². The Morgan fingerprint density at radius 2 is 1.96 bits per heavy atom. The molecule has 1 aromatic carbocycles. The van der Waals surface area contributed by atoms with Crippen molar-refractivity contribution in [3.8, 4) is 0 Å². The summed E-state index contributed by atoms with van der Waals surface area (Å²) in [6.45, 7) is 3.24. The van der Waals surface area contributed by atoms with Crippen molar-refractivity contribution >= 4 is 29.1 Å². The molecule has 0 aliphatic carbocycles. The molecule has 2 heterocycles. The molecule has 24 heavy (non-hydrogen) atoms. The number of hydrogen-bond donors (Lipinski definition) is 1. The lowest BCUT2D eigenvalue weighted by Crippen LogP contribution is -2.48. The Kier molecular flexibility index (Phi) is 5.04. The average Bonchev–Trinajstić information content (AvgIpc) is 3.26. The highest BCUT2D eigenvalue weighted by atomic mass is 35.5. The fourth-order valence-corrected chi connectivity index (χ4v) is 3.04. The number of oxime groups is 1. The lowest BCUT2D eigenvalue weighted by molar-refractivity contribution is -0.138. The monoisotopic (exact) mass is 349 g/mol. The first-order chi connectivity index (χ1) is 11.5. The summed E-state index contributed by atoms with van der Waals surface area (Å²) in [6, 6.07) is 6.65. The van der Waals surface area contributed by atoms with Gasteiger partial charge in [-0.3, -0.25) is 9.59 Å². The van der Waals surface area contributed by atoms with Crippen LogP contribution in [0.4, 0.5) is 0 Å². The molecule has 1 saturated heterocycles. The van der Waals surface area contributed by atoms with E-state index in [1.165, 1.54) is 0 Å². The molecule has 2 aliphatic rings. The van der Waals surface area contributed by atoms with Crippen molar-refractivity contribution in [2.45, 2.75) is 38.3 Å². The Hall–Kier alpha value is -2.08. The van der Waals surface area contributed by atoms with Gasteiger partial charge in [-0.25, -0.2) is 0 Å². The van der Waals surface area contributed by atoms with Gasteiger partial charge in [-0.15, -0.1) is 0 Å². The smallest absolute Gasteiger partial charge is 0.264 e. The van der Waals surface area contributed by atoms with E-state index in [4.69, 9.17) is 16.4 Å². The highest BCUT2D eigenvalue weighted by Gasteiger charge is 2.32. The molecule has 0 bridgehead atoms. The molecule has 2 amide bonds. The second kappa shape index (κ2) is 7.21. The minimum absolute atomic E-state index is 0.0438. The average molecular weight is 350 g/mol. The molecule has 1 fully saturated rings. The minimum atomic E-state index is -0.704. The molecule has 1 N–H and O–H groups in total. The van der Waals surface area contributed by atoms with E-state index in [1.54, 1.807) is 24.0 Å². The molecule has 0 saturated carbocycles. The molecule has 0 aromatic heterocycles. The van der Waals surface area contributed by atoms with E-state index < -0.39 is 12.1 Å². The Bertz CT molecular complexity index is 654. The maximum atomic E-state index is 12.3. The van der Waals surface area contributed by atoms with Gasteiger partial charge in [0.05, 0.1) is 5.71 Å². The highest BCUT2D eigenvalue weighted by Crippen LogP contribution is 2.19. The molecule has 0 radical (unpaired) electrons. The third kappa shape index (κ3) is 3.70. The fourth-order valence-electron chi connectivity index (χ4n) is 2.91. The van der Waals surface area contributed by atoms with E-state index in [-0.39, 0.29) is 11.8 Å². The van der Waals surface area contributed by atoms with Crippen molar-refractivity contribution in [2.75, 3.05) is 13.1 Å². The number of nitrogens with one attached hydrogen (secondary N) is 1. The van der Waals surface area contributed by atoms with E-state index >= 15 is 0 Å². The summed E-state index contributed by atoms with van der Waals surface area (Å²) >= 11 is 5.87. The summed E-state index contributed by atoms with van der Waals surface area (Å²) in [5, 5.41) is 7.36. The Balaban J connectivity index is 1.53. The second-order valence-corrected chi connectivity index (χ2v) is 6.54. The van der Waals surface area contributed by atoms with Crippen LogP contribution in [0.5, 0.6) is 0 Å². The van der Waals surface area contributed by atoms with E-state index in [0.29, 0.717) is 17.2 Å². The first kappa shape index (κ1) is 16.8. The molecule has 1 aromatic rings. The molecule has 0 spiro atoms. The van der Waals surface area contributed by atoms with Crippen LogP contribution in [0.1, 0.15) is 31.7 Å². The van der Waals surface area contributed by atoms with E-state index in [0.717, 1.165) is 31.5 Å². The molecule has 6 nitrogen and oxygen atoms in total. The minimum Gasteiger partial charge on any atom is -0.382 e. The molecule has 3 rings (SSSR count). The number of rotatable bonds is 4. The largest absolute Gasteiger partial charge is 0.382 e. The van der Waals surface area contributed by atoms with E-state index in [9.17, 15) is 9.59 Å². The molecular formula is C17H20ClN3O3. The predicted octanol–water partition coefficient (Wildman–Crippen LogP) is 1.96. The molecule has 0 unspecified atom stereocenters. The van der Waals surface area contributed by atoms with Crippen molar-refractivity contribution in [1.29, 1.82) is 0 Å². The van der Waals surface area contributed by atoms with Gasteiger partial charge in [0, 0.05) is 24.5 Å². The predicted molar refractivity (Wildman–Crippen MR) is 90.9 cm³/mol. The number of benzene rings is 1. The first-order valence-corrected chi connectivity index (χ1v) is 8.50. The van der Waals surface area contributed by atoms with Gasteiger partial charge in [0.1, 0.15) is 6.04 Å². The standard InChI is InChI=1S/C17H20ClN3O3/c1-11(17(23)21-8-2-3-9-21)19-16(22)15-10-14(20-24-15)12-4-6-13(18)7-5-12/h4-7,11,15H,2-3,8-10H2,1H3,(H,19,22)/t11-,15+/m0/s1. The molecule has 128 valence electrons. The number of carbonyl (C=O) groups is 2. The van der Waals surface area contributed by atoms with E-state index in [2.05, 4.69) is 10.5 Å². The summed E-state index contributed by atoms with van der Waals surface area (Å²) < 4.78 is 0. The van der Waals surface area contributed by atoms with Crippen molar-refractivity contribution < 1.29 is 14.4 Å². The summed E-state index contributed by atoms with van der Waals surface area (Å²) in [6.07, 6.45) is 1.72. The summed E-state index contributed by atoms with van der Waals surface area (Å²) in [5.74, 6) is -0.361. The van der Waals surface area contributed by atoms with Gasteiger partial charge in [0.25, 0.3) is 5.91 Å². The van der Waals surface area contributed by atoms with Crippen molar-refractivity contribution in [2.24, 2.45) is 5.16 Å². The highest BCUT2D eigenvalue weighted by molar-refractivity contribution is 6.30. The Morgan fingerprint density at radius 3 is 2.62 bits per heavy atom. The SMILES string of the molecule is C[C@H](NC(=O)[C@H]1CC(c2ccc(Cl)cc2)=NO1)C(=O)N1CCCC1. The van der Waals surface area contributed by atoms with Crippen LogP contribution in [0.25, 0.3) is 0 Å². The molecule has 2 atom stereocenters. The van der Waals surface area contributed by atoms with Crippen LogP contribution in [-0.2, 0) is 14.4 Å². The van der Waals surface area contributed by atoms with Gasteiger partial charge < -0.3 is 15.1 Å². The van der Waals surface area contributed by atoms with Crippen molar-refractivity contribution in [1.82, 2.24) is 10.2 Å². The summed E-state index contributed by atoms with van der Waals surface area (Å²) in [7, 11) is 0. The van der Waals surface area contributed by atoms with Crippen LogP contribution < -0.4 is 5.32 Å².